The molecule has 0 saturated carbocycles. The van der Waals surface area contributed by atoms with Crippen LogP contribution in [-0.4, -0.2) is 4.98 Å². The highest BCUT2D eigenvalue weighted by Gasteiger charge is 2.03. The first-order chi connectivity index (χ1) is 7.54. The number of hydrogen-bond acceptors (Lipinski definition) is 0. The monoisotopic (exact) mass is 211 g/mol. The van der Waals surface area contributed by atoms with Crippen LogP contribution in [0.3, 0.4) is 0 Å². The maximum Gasteiger partial charge on any atom is 0.0340 e. The number of rotatable bonds is 1. The Balaban J connectivity index is 2.17. The van der Waals surface area contributed by atoms with Crippen molar-refractivity contribution in [1.82, 2.24) is 4.98 Å². The summed E-state index contributed by atoms with van der Waals surface area (Å²) in [5, 5.41) is 2.52. The summed E-state index contributed by atoms with van der Waals surface area (Å²) in [6.07, 6.45) is 4.87. The van der Waals surface area contributed by atoms with E-state index in [-0.39, 0.29) is 5.41 Å². The highest BCUT2D eigenvalue weighted by atomic mass is 14.6. The van der Waals surface area contributed by atoms with Gasteiger partial charge in [-0.2, -0.15) is 0 Å². The van der Waals surface area contributed by atoms with Crippen molar-refractivity contribution < 1.29 is 0 Å². The third kappa shape index (κ3) is 2.67. The third-order valence-electron chi connectivity index (χ3n) is 2.38. The number of fused-ring (bicyclic) bond motifs is 1. The molecule has 1 N–H and O–H groups in total. The predicted molar refractivity (Wildman–Crippen MR) is 69.2 cm³/mol. The maximum absolute atomic E-state index is 3.25. The molecule has 0 amide bonds. The van der Waals surface area contributed by atoms with Gasteiger partial charge in [-0.05, 0) is 43.2 Å². The van der Waals surface area contributed by atoms with Gasteiger partial charge in [-0.3, -0.25) is 0 Å². The van der Waals surface area contributed by atoms with Crippen LogP contribution in [0.25, 0.3) is 10.8 Å². The van der Waals surface area contributed by atoms with Gasteiger partial charge in [0.25, 0.3) is 0 Å². The first kappa shape index (κ1) is 10.8. The first-order valence-electron chi connectivity index (χ1n) is 5.60. The van der Waals surface area contributed by atoms with Crippen LogP contribution < -0.4 is 0 Å². The number of aromatic amines is 1. The van der Waals surface area contributed by atoms with Gasteiger partial charge in [0.1, 0.15) is 0 Å². The second kappa shape index (κ2) is 4.06. The number of nitrogens with one attached hydrogen (secondary N) is 1. The Morgan fingerprint density at radius 2 is 1.88 bits per heavy atom. The second-order valence-corrected chi connectivity index (χ2v) is 5.15. The Kier molecular flexibility index (Phi) is 2.75. The van der Waals surface area contributed by atoms with Gasteiger partial charge in [0.05, 0.1) is 0 Å². The highest BCUT2D eigenvalue weighted by Crippen LogP contribution is 2.15. The summed E-state index contributed by atoms with van der Waals surface area (Å²) in [5.41, 5.74) is 1.38. The largest absolute Gasteiger partial charge is 0.366 e. The lowest BCUT2D eigenvalue weighted by Gasteiger charge is -2.06. The van der Waals surface area contributed by atoms with Crippen LogP contribution in [-0.2, 0) is 6.42 Å². The van der Waals surface area contributed by atoms with E-state index >= 15 is 0 Å². The number of aromatic nitrogens is 1. The number of benzene rings is 1. The second-order valence-electron chi connectivity index (χ2n) is 5.15. The van der Waals surface area contributed by atoms with Crippen molar-refractivity contribution in [2.24, 2.45) is 5.41 Å². The van der Waals surface area contributed by atoms with E-state index in [9.17, 15) is 0 Å². The van der Waals surface area contributed by atoms with Crippen LogP contribution in [0.4, 0.5) is 0 Å². The van der Waals surface area contributed by atoms with Gasteiger partial charge >= 0.3 is 0 Å². The van der Waals surface area contributed by atoms with Gasteiger partial charge in [-0.25, -0.2) is 0 Å². The van der Waals surface area contributed by atoms with Crippen molar-refractivity contribution in [1.29, 1.82) is 0 Å². The molecule has 1 heterocycles. The minimum absolute atomic E-state index is 0.0954. The van der Waals surface area contributed by atoms with Crippen molar-refractivity contribution in [3.63, 3.8) is 0 Å². The summed E-state index contributed by atoms with van der Waals surface area (Å²) >= 11 is 0. The van der Waals surface area contributed by atoms with Crippen LogP contribution in [0.1, 0.15) is 26.3 Å². The van der Waals surface area contributed by atoms with E-state index in [1.54, 1.807) is 0 Å². The molecule has 0 atom stereocenters. The molecule has 2 aromatic rings. The topological polar surface area (TPSA) is 15.8 Å². The molecule has 1 aromatic heterocycles. The van der Waals surface area contributed by atoms with Crippen molar-refractivity contribution in [3.05, 3.63) is 36.2 Å². The average Bonchev–Trinajstić information content (AvgIpc) is 2.62. The van der Waals surface area contributed by atoms with Crippen molar-refractivity contribution in [3.8, 4) is 11.8 Å². The van der Waals surface area contributed by atoms with E-state index in [0.29, 0.717) is 0 Å². The molecule has 0 aliphatic heterocycles. The summed E-state index contributed by atoms with van der Waals surface area (Å²) in [7, 11) is 0. The Hall–Kier alpha value is -1.68. The number of hydrogen-bond donors (Lipinski definition) is 1. The Bertz CT molecular complexity index is 544. The normalized spacial score (nSPS) is 11.2. The molecule has 0 aliphatic rings. The molecule has 0 spiro atoms. The first-order valence-corrected chi connectivity index (χ1v) is 5.60. The fourth-order valence-electron chi connectivity index (χ4n) is 1.62. The average molecular weight is 211 g/mol. The molecule has 0 saturated heterocycles. The van der Waals surface area contributed by atoms with Gasteiger partial charge < -0.3 is 4.98 Å². The van der Waals surface area contributed by atoms with Crippen molar-refractivity contribution in [2.75, 3.05) is 0 Å². The lowest BCUT2D eigenvalue weighted by molar-refractivity contribution is 0.570. The van der Waals surface area contributed by atoms with Crippen LogP contribution in [0.15, 0.2) is 30.6 Å². The fourth-order valence-corrected chi connectivity index (χ4v) is 1.62. The molecular weight excluding hydrogens is 194 g/mol. The SMILES string of the molecule is CC(C)(C)C#CCc1ccc2c[nH]cc2c1. The van der Waals surface area contributed by atoms with Crippen LogP contribution >= 0.6 is 0 Å². The quantitative estimate of drug-likeness (QED) is 0.691. The van der Waals surface area contributed by atoms with E-state index < -0.39 is 0 Å². The molecular formula is C15H17N. The molecule has 1 aromatic carbocycles. The smallest absolute Gasteiger partial charge is 0.0340 e. The summed E-state index contributed by atoms with van der Waals surface area (Å²) < 4.78 is 0. The fraction of sp³-hybridized carbons (Fsp3) is 0.333. The van der Waals surface area contributed by atoms with E-state index in [0.717, 1.165) is 6.42 Å². The molecule has 1 heteroatoms. The summed E-state index contributed by atoms with van der Waals surface area (Å²) in [4.78, 5) is 3.11. The standard InChI is InChI=1S/C15H17N/c1-15(2,3)8-4-5-12-6-7-13-10-16-11-14(13)9-12/h6-7,9-11,16H,5H2,1-3H3. The lowest BCUT2D eigenvalue weighted by Crippen LogP contribution is -1.99. The summed E-state index contributed by atoms with van der Waals surface area (Å²) in [5.74, 6) is 6.49. The van der Waals surface area contributed by atoms with Gasteiger partial charge in [-0.15, -0.1) is 0 Å². The van der Waals surface area contributed by atoms with Crippen molar-refractivity contribution >= 4 is 10.8 Å². The van der Waals surface area contributed by atoms with Gasteiger partial charge in [-0.1, -0.05) is 24.0 Å². The molecule has 0 radical (unpaired) electrons. The molecule has 0 unspecified atom stereocenters. The number of H-pyrrole nitrogens is 1. The van der Waals surface area contributed by atoms with E-state index in [2.05, 4.69) is 55.8 Å². The third-order valence-corrected chi connectivity index (χ3v) is 2.38. The Morgan fingerprint density at radius 1 is 1.12 bits per heavy atom. The molecule has 0 fully saturated rings. The van der Waals surface area contributed by atoms with Crippen LogP contribution in [0, 0.1) is 17.3 Å². The van der Waals surface area contributed by atoms with Crippen LogP contribution in [0.5, 0.6) is 0 Å². The van der Waals surface area contributed by atoms with Gasteiger partial charge in [0.2, 0.25) is 0 Å². The molecule has 16 heavy (non-hydrogen) atoms. The van der Waals surface area contributed by atoms with Crippen LogP contribution in [0.2, 0.25) is 0 Å². The van der Waals surface area contributed by atoms with E-state index in [4.69, 9.17) is 0 Å². The molecule has 1 nitrogen and oxygen atoms in total. The minimum Gasteiger partial charge on any atom is -0.366 e. The summed E-state index contributed by atoms with van der Waals surface area (Å²) in [6.45, 7) is 6.40. The Morgan fingerprint density at radius 3 is 2.62 bits per heavy atom. The molecule has 2 rings (SSSR count). The Labute approximate surface area is 96.9 Å². The predicted octanol–water partition coefficient (Wildman–Crippen LogP) is 3.76. The molecule has 0 aliphatic carbocycles. The van der Waals surface area contributed by atoms with E-state index in [1.807, 2.05) is 12.4 Å². The zero-order valence-corrected chi connectivity index (χ0v) is 10.1. The van der Waals surface area contributed by atoms with Gasteiger partial charge in [0.15, 0.2) is 0 Å². The van der Waals surface area contributed by atoms with E-state index in [1.165, 1.54) is 16.3 Å². The zero-order valence-electron chi connectivity index (χ0n) is 10.1. The van der Waals surface area contributed by atoms with Gasteiger partial charge in [0, 0.05) is 24.2 Å². The highest BCUT2D eigenvalue weighted by molar-refractivity contribution is 5.82. The lowest BCUT2D eigenvalue weighted by atomic mass is 9.97. The zero-order chi connectivity index (χ0) is 11.6. The maximum atomic E-state index is 3.25. The minimum atomic E-state index is 0.0954. The molecule has 0 bridgehead atoms. The van der Waals surface area contributed by atoms with Crippen molar-refractivity contribution in [2.45, 2.75) is 27.2 Å². The summed E-state index contributed by atoms with van der Waals surface area (Å²) in [6, 6.07) is 6.48. The molecule has 82 valence electrons.